The van der Waals surface area contributed by atoms with Crippen LogP contribution in [0.15, 0.2) is 12.1 Å². The van der Waals surface area contributed by atoms with E-state index in [1.54, 1.807) is 0 Å². The van der Waals surface area contributed by atoms with Crippen LogP contribution in [0.5, 0.6) is 0 Å². The summed E-state index contributed by atoms with van der Waals surface area (Å²) >= 11 is 0. The molecule has 2 heterocycles. The van der Waals surface area contributed by atoms with E-state index in [0.29, 0.717) is 0 Å². The molecule has 4 heteroatoms. The van der Waals surface area contributed by atoms with Gasteiger partial charge >= 0.3 is 0 Å². The highest BCUT2D eigenvalue weighted by Crippen LogP contribution is 2.08. The minimum Gasteiger partial charge on any atom is -0.304 e. The van der Waals surface area contributed by atoms with Gasteiger partial charge in [-0.3, -0.25) is 9.88 Å². The molecule has 1 fully saturated rings. The van der Waals surface area contributed by atoms with E-state index in [0.717, 1.165) is 51.5 Å². The summed E-state index contributed by atoms with van der Waals surface area (Å²) in [6.07, 6.45) is 0. The van der Waals surface area contributed by atoms with Crippen molar-refractivity contribution >= 4 is 0 Å². The zero-order chi connectivity index (χ0) is 14.5. The molecule has 0 saturated carbocycles. The van der Waals surface area contributed by atoms with Gasteiger partial charge in [-0.05, 0) is 45.6 Å². The third-order valence-electron chi connectivity index (χ3n) is 4.00. The molecule has 112 valence electrons. The van der Waals surface area contributed by atoms with E-state index < -0.39 is 0 Å². The van der Waals surface area contributed by atoms with Gasteiger partial charge in [-0.15, -0.1) is 0 Å². The number of aromatic nitrogens is 1. The van der Waals surface area contributed by atoms with Crippen molar-refractivity contribution in [2.75, 3.05) is 53.4 Å². The summed E-state index contributed by atoms with van der Waals surface area (Å²) in [6, 6.07) is 4.36. The minimum absolute atomic E-state index is 0.962. The Balaban J connectivity index is 2.01. The third kappa shape index (κ3) is 4.85. The SMILES string of the molecule is Cc1cc(C)nc(CN2CCN(C)CCN(C)CC2)c1. The Labute approximate surface area is 123 Å². The van der Waals surface area contributed by atoms with Crippen LogP contribution in [-0.4, -0.2) is 73.0 Å². The molecule has 1 aromatic heterocycles. The molecular weight excluding hydrogens is 248 g/mol. The minimum atomic E-state index is 0.962. The molecular formula is C16H28N4. The number of likely N-dealkylation sites (N-methyl/N-ethyl adjacent to an activating group) is 2. The molecule has 0 unspecified atom stereocenters. The van der Waals surface area contributed by atoms with Gasteiger partial charge < -0.3 is 9.80 Å². The van der Waals surface area contributed by atoms with E-state index in [1.165, 1.54) is 11.3 Å². The van der Waals surface area contributed by atoms with Crippen LogP contribution in [0.4, 0.5) is 0 Å². The van der Waals surface area contributed by atoms with Gasteiger partial charge in [-0.1, -0.05) is 0 Å². The normalized spacial score (nSPS) is 20.4. The number of nitrogens with zero attached hydrogens (tertiary/aromatic N) is 4. The van der Waals surface area contributed by atoms with Crippen molar-refractivity contribution in [2.24, 2.45) is 0 Å². The van der Waals surface area contributed by atoms with Crippen LogP contribution in [0.3, 0.4) is 0 Å². The van der Waals surface area contributed by atoms with Crippen LogP contribution in [0.25, 0.3) is 0 Å². The quantitative estimate of drug-likeness (QED) is 0.814. The Hall–Kier alpha value is -0.970. The van der Waals surface area contributed by atoms with Crippen LogP contribution in [0, 0.1) is 13.8 Å². The smallest absolute Gasteiger partial charge is 0.0549 e. The van der Waals surface area contributed by atoms with Gasteiger partial charge in [-0.2, -0.15) is 0 Å². The molecule has 0 atom stereocenters. The first-order valence-electron chi connectivity index (χ1n) is 7.56. The fraction of sp³-hybridized carbons (Fsp3) is 0.688. The molecule has 0 aromatic carbocycles. The van der Waals surface area contributed by atoms with Crippen molar-refractivity contribution in [1.29, 1.82) is 0 Å². The summed E-state index contributed by atoms with van der Waals surface area (Å²) in [7, 11) is 4.43. The molecule has 0 amide bonds. The molecule has 0 spiro atoms. The zero-order valence-electron chi connectivity index (χ0n) is 13.4. The van der Waals surface area contributed by atoms with E-state index in [-0.39, 0.29) is 0 Å². The van der Waals surface area contributed by atoms with E-state index in [1.807, 2.05) is 0 Å². The monoisotopic (exact) mass is 276 g/mol. The molecule has 20 heavy (non-hydrogen) atoms. The standard InChI is InChI=1S/C16H28N4/c1-14-11-15(2)17-16(12-14)13-20-9-7-18(3)5-6-19(4)8-10-20/h11-12H,5-10,13H2,1-4H3. The van der Waals surface area contributed by atoms with Crippen LogP contribution in [0.2, 0.25) is 0 Å². The lowest BCUT2D eigenvalue weighted by atomic mass is 10.2. The van der Waals surface area contributed by atoms with Crippen LogP contribution in [0.1, 0.15) is 17.0 Å². The molecule has 0 bridgehead atoms. The van der Waals surface area contributed by atoms with E-state index in [9.17, 15) is 0 Å². The number of hydrogen-bond acceptors (Lipinski definition) is 4. The predicted octanol–water partition coefficient (Wildman–Crippen LogP) is 1.38. The summed E-state index contributed by atoms with van der Waals surface area (Å²) in [4.78, 5) is 12.0. The Morgan fingerprint density at radius 3 is 2.00 bits per heavy atom. The maximum atomic E-state index is 4.67. The Kier molecular flexibility index (Phi) is 5.52. The van der Waals surface area contributed by atoms with Gasteiger partial charge in [0.1, 0.15) is 0 Å². The number of hydrogen-bond donors (Lipinski definition) is 0. The maximum absolute atomic E-state index is 4.67. The number of pyridine rings is 1. The summed E-state index contributed by atoms with van der Waals surface area (Å²) < 4.78 is 0. The van der Waals surface area contributed by atoms with E-state index in [4.69, 9.17) is 0 Å². The average molecular weight is 276 g/mol. The van der Waals surface area contributed by atoms with E-state index in [2.05, 4.69) is 59.8 Å². The van der Waals surface area contributed by atoms with Crippen LogP contribution >= 0.6 is 0 Å². The second kappa shape index (κ2) is 7.16. The predicted molar refractivity (Wildman–Crippen MR) is 84.0 cm³/mol. The molecule has 0 N–H and O–H groups in total. The van der Waals surface area contributed by atoms with Gasteiger partial charge in [0.2, 0.25) is 0 Å². The van der Waals surface area contributed by atoms with Gasteiger partial charge in [0.15, 0.2) is 0 Å². The first-order valence-corrected chi connectivity index (χ1v) is 7.56. The van der Waals surface area contributed by atoms with Gasteiger partial charge in [0.25, 0.3) is 0 Å². The van der Waals surface area contributed by atoms with Crippen molar-refractivity contribution in [3.05, 3.63) is 29.1 Å². The molecule has 2 rings (SSSR count). The van der Waals surface area contributed by atoms with Crippen molar-refractivity contribution < 1.29 is 0 Å². The van der Waals surface area contributed by atoms with Crippen molar-refractivity contribution in [3.63, 3.8) is 0 Å². The van der Waals surface area contributed by atoms with Gasteiger partial charge in [0, 0.05) is 51.5 Å². The fourth-order valence-corrected chi connectivity index (χ4v) is 2.69. The Bertz CT molecular complexity index is 398. The first-order chi connectivity index (χ1) is 9.52. The number of aryl methyl sites for hydroxylation is 2. The highest BCUT2D eigenvalue weighted by molar-refractivity contribution is 5.19. The molecule has 1 aliphatic rings. The topological polar surface area (TPSA) is 22.6 Å². The van der Waals surface area contributed by atoms with Crippen LogP contribution < -0.4 is 0 Å². The largest absolute Gasteiger partial charge is 0.304 e. The molecule has 0 aliphatic carbocycles. The lowest BCUT2D eigenvalue weighted by Crippen LogP contribution is -2.34. The van der Waals surface area contributed by atoms with Crippen molar-refractivity contribution in [2.45, 2.75) is 20.4 Å². The molecule has 1 saturated heterocycles. The number of rotatable bonds is 2. The lowest BCUT2D eigenvalue weighted by molar-refractivity contribution is 0.225. The Morgan fingerprint density at radius 2 is 1.45 bits per heavy atom. The molecule has 1 aliphatic heterocycles. The van der Waals surface area contributed by atoms with Crippen molar-refractivity contribution in [1.82, 2.24) is 19.7 Å². The zero-order valence-corrected chi connectivity index (χ0v) is 13.4. The van der Waals surface area contributed by atoms with E-state index >= 15 is 0 Å². The summed E-state index contributed by atoms with van der Waals surface area (Å²) in [5.41, 5.74) is 3.64. The summed E-state index contributed by atoms with van der Waals surface area (Å²) in [5.74, 6) is 0. The molecule has 1 aromatic rings. The molecule has 0 radical (unpaired) electrons. The highest BCUT2D eigenvalue weighted by Gasteiger charge is 2.13. The van der Waals surface area contributed by atoms with Crippen molar-refractivity contribution in [3.8, 4) is 0 Å². The fourth-order valence-electron chi connectivity index (χ4n) is 2.69. The molecule has 4 nitrogen and oxygen atoms in total. The van der Waals surface area contributed by atoms with Crippen LogP contribution in [-0.2, 0) is 6.54 Å². The third-order valence-corrected chi connectivity index (χ3v) is 4.00. The Morgan fingerprint density at radius 1 is 0.900 bits per heavy atom. The second-order valence-electron chi connectivity index (χ2n) is 6.16. The lowest BCUT2D eigenvalue weighted by Gasteiger charge is -2.24. The average Bonchev–Trinajstić information content (AvgIpc) is 2.44. The highest BCUT2D eigenvalue weighted by atomic mass is 15.2. The first kappa shape index (κ1) is 15.4. The maximum Gasteiger partial charge on any atom is 0.0549 e. The summed E-state index contributed by atoms with van der Waals surface area (Å²) in [5, 5.41) is 0. The second-order valence-corrected chi connectivity index (χ2v) is 6.16. The summed E-state index contributed by atoms with van der Waals surface area (Å²) in [6.45, 7) is 12.0. The van der Waals surface area contributed by atoms with Gasteiger partial charge in [-0.25, -0.2) is 0 Å². The van der Waals surface area contributed by atoms with Gasteiger partial charge in [0.05, 0.1) is 5.69 Å².